The van der Waals surface area contributed by atoms with Gasteiger partial charge >= 0.3 is 12.1 Å². The van der Waals surface area contributed by atoms with E-state index in [-0.39, 0.29) is 50.3 Å². The zero-order valence-corrected chi connectivity index (χ0v) is 33.5. The fourth-order valence-electron chi connectivity index (χ4n) is 7.11. The van der Waals surface area contributed by atoms with Gasteiger partial charge in [-0.3, -0.25) is 9.59 Å². The molecule has 1 saturated carbocycles. The summed E-state index contributed by atoms with van der Waals surface area (Å²) in [5.41, 5.74) is 1.44. The van der Waals surface area contributed by atoms with Crippen LogP contribution in [0.5, 0.6) is 0 Å². The molecule has 54 heavy (non-hydrogen) atoms. The number of likely N-dealkylation sites (N-methyl/N-ethyl adjacent to an activating group) is 3. The number of nitrogens with one attached hydrogen (secondary N) is 2. The molecule has 1 aliphatic heterocycles. The van der Waals surface area contributed by atoms with Crippen molar-refractivity contribution in [2.45, 2.75) is 95.9 Å². The van der Waals surface area contributed by atoms with Crippen molar-refractivity contribution >= 4 is 36.3 Å². The number of aromatic amines is 1. The molecule has 2 aliphatic rings. The van der Waals surface area contributed by atoms with Gasteiger partial charge in [-0.15, -0.1) is 12.4 Å². The van der Waals surface area contributed by atoms with Gasteiger partial charge in [-0.1, -0.05) is 76.3 Å². The number of aliphatic hydroxyl groups excluding tert-OH is 1. The summed E-state index contributed by atoms with van der Waals surface area (Å²) in [5.74, 6) is -0.293. The molecule has 2 aromatic rings. The summed E-state index contributed by atoms with van der Waals surface area (Å²) >= 11 is 0. The number of halogens is 1. The molecule has 1 aromatic carbocycles. The van der Waals surface area contributed by atoms with Crippen molar-refractivity contribution < 1.29 is 33.8 Å². The molecule has 0 radical (unpaired) electrons. The average Bonchev–Trinajstić information content (AvgIpc) is 3.68. The highest BCUT2D eigenvalue weighted by molar-refractivity contribution is 5.90. The average molecular weight is 776 g/mol. The van der Waals surface area contributed by atoms with E-state index >= 15 is 0 Å². The van der Waals surface area contributed by atoms with E-state index in [0.29, 0.717) is 50.8 Å². The molecule has 14 nitrogen and oxygen atoms in total. The molecular weight excluding hydrogens is 714 g/mol. The minimum Gasteiger partial charge on any atom is -0.436 e. The van der Waals surface area contributed by atoms with E-state index in [1.54, 1.807) is 37.1 Å². The molecule has 2 heterocycles. The molecule has 302 valence electrons. The van der Waals surface area contributed by atoms with Crippen LogP contribution in [0.15, 0.2) is 42.9 Å². The topological polar surface area (TPSA) is 161 Å². The van der Waals surface area contributed by atoms with E-state index < -0.39 is 42.2 Å². The van der Waals surface area contributed by atoms with Crippen LogP contribution in [0, 0.1) is 11.8 Å². The number of benzene rings is 1. The minimum absolute atomic E-state index is 0. The number of aromatic nitrogens is 2. The molecule has 4 rings (SSSR count). The van der Waals surface area contributed by atoms with Crippen molar-refractivity contribution in [2.75, 3.05) is 60.5 Å². The number of hydrogen-bond acceptors (Lipinski definition) is 8. The molecule has 5 amide bonds. The maximum absolute atomic E-state index is 14.4. The first-order chi connectivity index (χ1) is 25.4. The van der Waals surface area contributed by atoms with Gasteiger partial charge < -0.3 is 44.5 Å². The van der Waals surface area contributed by atoms with Crippen LogP contribution in [-0.2, 0) is 31.9 Å². The zero-order chi connectivity index (χ0) is 38.3. The van der Waals surface area contributed by atoms with Crippen LogP contribution in [0.25, 0.3) is 0 Å². The zero-order valence-electron chi connectivity index (χ0n) is 32.7. The van der Waals surface area contributed by atoms with E-state index in [2.05, 4.69) is 15.3 Å². The Kier molecular flexibility index (Phi) is 18.5. The number of hydrogen-bond donors (Lipinski definition) is 3. The second kappa shape index (κ2) is 22.5. The highest BCUT2D eigenvalue weighted by atomic mass is 35.5. The monoisotopic (exact) mass is 775 g/mol. The second-order valence-electron chi connectivity index (χ2n) is 15.1. The van der Waals surface area contributed by atoms with Crippen LogP contribution in [0.4, 0.5) is 9.59 Å². The van der Waals surface area contributed by atoms with Crippen molar-refractivity contribution in [3.8, 4) is 0 Å². The summed E-state index contributed by atoms with van der Waals surface area (Å²) in [5, 5.41) is 14.5. The van der Waals surface area contributed by atoms with Gasteiger partial charge in [0.1, 0.15) is 6.04 Å². The predicted molar refractivity (Wildman–Crippen MR) is 208 cm³/mol. The molecule has 0 bridgehead atoms. The van der Waals surface area contributed by atoms with E-state index in [1.807, 2.05) is 44.2 Å². The SMILES string of the molecule is CC(C)C[C@H](O)[C@H](CC1CCCCC1)NC(=O)[C@H](Cc1cnc[nH]1)N(C)C(=O)[C@H](Cc1ccccc1)OC(=O)N(C)CCN(C)C(=O)N1CCOCC1.Cl. The Morgan fingerprint density at radius 3 is 2.30 bits per heavy atom. The van der Waals surface area contributed by atoms with Gasteiger partial charge in [-0.25, -0.2) is 14.6 Å². The summed E-state index contributed by atoms with van der Waals surface area (Å²) in [6, 6.07) is 7.66. The fraction of sp³-hybridized carbons (Fsp3) is 0.667. The molecule has 1 saturated heterocycles. The third-order valence-electron chi connectivity index (χ3n) is 10.4. The number of carbonyl (C=O) groups is 4. The van der Waals surface area contributed by atoms with Crippen LogP contribution in [0.2, 0.25) is 0 Å². The molecule has 0 unspecified atom stereocenters. The number of amides is 5. The predicted octanol–water partition coefficient (Wildman–Crippen LogP) is 4.13. The number of morpholine rings is 1. The highest BCUT2D eigenvalue weighted by Crippen LogP contribution is 2.29. The van der Waals surface area contributed by atoms with Gasteiger partial charge in [0, 0.05) is 72.1 Å². The Morgan fingerprint density at radius 1 is 1.00 bits per heavy atom. The second-order valence-corrected chi connectivity index (χ2v) is 15.1. The lowest BCUT2D eigenvalue weighted by Crippen LogP contribution is -2.56. The Bertz CT molecular complexity index is 1420. The number of aliphatic hydroxyl groups is 1. The first-order valence-electron chi connectivity index (χ1n) is 19.2. The summed E-state index contributed by atoms with van der Waals surface area (Å²) < 4.78 is 11.3. The standard InChI is InChI=1S/C39H61N7O7.ClH/c1-28(2)22-34(47)32(23-29-12-8-6-9-13-29)42-36(48)33(25-31-26-40-27-41-31)45(5)37(49)35(24-30-14-10-7-11-15-30)53-39(51)44(4)17-16-43(3)38(50)46-18-20-52-21-19-46;/h7,10-11,14-15,26-29,32-35,47H,6,8-9,12-13,16-25H2,1-5H3,(H,40,41)(H,42,48);1H/t32-,33-,34-,35-;/m0./s1. The Hall–Kier alpha value is -3.88. The molecule has 1 aliphatic carbocycles. The highest BCUT2D eigenvalue weighted by Gasteiger charge is 2.37. The summed E-state index contributed by atoms with van der Waals surface area (Å²) in [6.45, 7) is 6.53. The van der Waals surface area contributed by atoms with E-state index in [4.69, 9.17) is 9.47 Å². The molecule has 2 fully saturated rings. The van der Waals surface area contributed by atoms with E-state index in [0.717, 1.165) is 31.2 Å². The number of H-pyrrole nitrogens is 1. The van der Waals surface area contributed by atoms with Crippen molar-refractivity contribution in [1.82, 2.24) is 34.9 Å². The third-order valence-corrected chi connectivity index (χ3v) is 10.4. The fourth-order valence-corrected chi connectivity index (χ4v) is 7.11. The van der Waals surface area contributed by atoms with Crippen LogP contribution >= 0.6 is 12.4 Å². The van der Waals surface area contributed by atoms with Gasteiger partial charge in [0.25, 0.3) is 5.91 Å². The van der Waals surface area contributed by atoms with Gasteiger partial charge in [0.15, 0.2) is 6.10 Å². The van der Waals surface area contributed by atoms with Gasteiger partial charge in [-0.2, -0.15) is 0 Å². The van der Waals surface area contributed by atoms with Crippen molar-refractivity contribution in [2.24, 2.45) is 11.8 Å². The number of urea groups is 1. The molecule has 15 heteroatoms. The van der Waals surface area contributed by atoms with Crippen molar-refractivity contribution in [1.29, 1.82) is 0 Å². The maximum atomic E-state index is 14.4. The normalized spacial score (nSPS) is 17.1. The number of rotatable bonds is 17. The first kappa shape index (κ1) is 44.5. The summed E-state index contributed by atoms with van der Waals surface area (Å²) in [6.07, 6.45) is 7.50. The Balaban J connectivity index is 0.00000784. The van der Waals surface area contributed by atoms with E-state index in [1.165, 1.54) is 22.5 Å². The molecular formula is C39H62ClN7O7. The Morgan fingerprint density at radius 2 is 1.67 bits per heavy atom. The number of carbonyl (C=O) groups excluding carboxylic acids is 4. The van der Waals surface area contributed by atoms with Crippen molar-refractivity contribution in [3.05, 3.63) is 54.1 Å². The molecule has 3 N–H and O–H groups in total. The smallest absolute Gasteiger partial charge is 0.410 e. The molecule has 4 atom stereocenters. The summed E-state index contributed by atoms with van der Waals surface area (Å²) in [7, 11) is 4.79. The lowest BCUT2D eigenvalue weighted by Gasteiger charge is -2.35. The lowest BCUT2D eigenvalue weighted by atomic mass is 9.82. The maximum Gasteiger partial charge on any atom is 0.410 e. The van der Waals surface area contributed by atoms with Crippen LogP contribution in [-0.4, -0.2) is 143 Å². The summed E-state index contributed by atoms with van der Waals surface area (Å²) in [4.78, 5) is 68.2. The van der Waals surface area contributed by atoms with Crippen molar-refractivity contribution in [3.63, 3.8) is 0 Å². The number of nitrogens with zero attached hydrogens (tertiary/aromatic N) is 5. The van der Waals surface area contributed by atoms with Crippen LogP contribution < -0.4 is 5.32 Å². The van der Waals surface area contributed by atoms with Gasteiger partial charge in [-0.05, 0) is 30.2 Å². The van der Waals surface area contributed by atoms with E-state index in [9.17, 15) is 24.3 Å². The van der Waals surface area contributed by atoms with Gasteiger partial charge in [0.05, 0.1) is 31.7 Å². The Labute approximate surface area is 326 Å². The van der Waals surface area contributed by atoms with Gasteiger partial charge in [0.2, 0.25) is 5.91 Å². The third kappa shape index (κ3) is 13.8. The first-order valence-corrected chi connectivity index (χ1v) is 19.2. The largest absolute Gasteiger partial charge is 0.436 e. The molecule has 1 aromatic heterocycles. The number of ether oxygens (including phenoxy) is 2. The molecule has 0 spiro atoms. The lowest BCUT2D eigenvalue weighted by molar-refractivity contribution is -0.146. The number of imidazole rings is 1. The minimum atomic E-state index is -1.24. The van der Waals surface area contributed by atoms with Crippen LogP contribution in [0.1, 0.15) is 70.1 Å². The van der Waals surface area contributed by atoms with Crippen LogP contribution in [0.3, 0.4) is 0 Å². The quantitative estimate of drug-likeness (QED) is 0.216.